The van der Waals surface area contributed by atoms with Crippen LogP contribution in [0.25, 0.3) is 0 Å². The Bertz CT molecular complexity index is 956. The third-order valence-electron chi connectivity index (χ3n) is 10.2. The average Bonchev–Trinajstić information content (AvgIpc) is 3.15. The van der Waals surface area contributed by atoms with Crippen molar-refractivity contribution in [2.45, 2.75) is 209 Å². The lowest BCUT2D eigenvalue weighted by Gasteiger charge is -2.46. The van der Waals surface area contributed by atoms with Gasteiger partial charge in [-0.2, -0.15) is 0 Å². The van der Waals surface area contributed by atoms with Crippen molar-refractivity contribution < 1.29 is 64.6 Å². The molecule has 312 valence electrons. The van der Waals surface area contributed by atoms with Gasteiger partial charge in [-0.15, -0.1) is 0 Å². The monoisotopic (exact) mass is 764 g/mol. The van der Waals surface area contributed by atoms with E-state index >= 15 is 0 Å². The van der Waals surface area contributed by atoms with E-state index in [1.54, 1.807) is 12.2 Å². The first-order valence-electron chi connectivity index (χ1n) is 20.4. The smallest absolute Gasteiger partial charge is 0.220 e. The molecular formula is C39H73NO13. The number of unbranched alkanes of at least 4 members (excludes halogenated alkanes) is 16. The molecule has 12 atom stereocenters. The molecule has 14 nitrogen and oxygen atoms in total. The normalized spacial score (nSPS) is 30.5. The van der Waals surface area contributed by atoms with Crippen molar-refractivity contribution in [1.29, 1.82) is 0 Å². The molecule has 14 heteroatoms. The predicted octanol–water partition coefficient (Wildman–Crippen LogP) is 2.48. The Morgan fingerprint density at radius 3 is 1.70 bits per heavy atom. The fourth-order valence-electron chi connectivity index (χ4n) is 6.77. The van der Waals surface area contributed by atoms with Gasteiger partial charge in [-0.3, -0.25) is 4.79 Å². The van der Waals surface area contributed by atoms with Crippen LogP contribution in [0.1, 0.15) is 136 Å². The number of carbonyl (C=O) groups excluding carboxylic acids is 1. The number of ether oxygens (including phenoxy) is 4. The highest BCUT2D eigenvalue weighted by atomic mass is 16.7. The van der Waals surface area contributed by atoms with Crippen LogP contribution in [-0.4, -0.2) is 140 Å². The summed E-state index contributed by atoms with van der Waals surface area (Å²) in [6, 6.07) is -0.903. The summed E-state index contributed by atoms with van der Waals surface area (Å²) in [4.78, 5) is 12.9. The molecule has 2 fully saturated rings. The highest BCUT2D eigenvalue weighted by molar-refractivity contribution is 5.76. The molecule has 9 N–H and O–H groups in total. The van der Waals surface area contributed by atoms with Crippen molar-refractivity contribution in [2.24, 2.45) is 0 Å². The van der Waals surface area contributed by atoms with Crippen LogP contribution < -0.4 is 5.32 Å². The zero-order valence-electron chi connectivity index (χ0n) is 32.3. The summed E-state index contributed by atoms with van der Waals surface area (Å²) in [6.07, 6.45) is 8.05. The molecule has 0 bridgehead atoms. The number of amides is 1. The number of rotatable bonds is 29. The number of hydrogen-bond donors (Lipinski definition) is 9. The molecule has 2 heterocycles. The van der Waals surface area contributed by atoms with E-state index in [1.807, 2.05) is 6.92 Å². The van der Waals surface area contributed by atoms with Crippen LogP contribution in [0.2, 0.25) is 0 Å². The Morgan fingerprint density at radius 1 is 0.660 bits per heavy atom. The lowest BCUT2D eigenvalue weighted by molar-refractivity contribution is -0.359. The summed E-state index contributed by atoms with van der Waals surface area (Å²) in [5.74, 6) is -0.252. The standard InChI is InChI=1S/C39H73NO13/c1-3-5-7-8-9-10-11-12-13-14-15-16-17-18-19-21-23-31(44)40-27(28(43)22-20-6-4-2)26-50-38-36(49)34(47)37(30(25-42)52-38)53-39-35(48)33(46)32(45)29(24-41)51-39/h20,22,27-30,32-39,41-43,45-49H,3-19,21,23-26H2,1-2H3,(H,40,44)/b22-20+. The molecule has 2 aliphatic heterocycles. The van der Waals surface area contributed by atoms with Crippen LogP contribution in [0.15, 0.2) is 12.2 Å². The summed E-state index contributed by atoms with van der Waals surface area (Å²) in [6.45, 7) is 2.53. The zero-order chi connectivity index (χ0) is 39.0. The summed E-state index contributed by atoms with van der Waals surface area (Å²) >= 11 is 0. The maximum Gasteiger partial charge on any atom is 0.220 e. The van der Waals surface area contributed by atoms with Crippen molar-refractivity contribution in [3.05, 3.63) is 12.2 Å². The summed E-state index contributed by atoms with van der Waals surface area (Å²) in [5.41, 5.74) is 0. The summed E-state index contributed by atoms with van der Waals surface area (Å²) in [7, 11) is 0. The molecule has 0 radical (unpaired) electrons. The van der Waals surface area contributed by atoms with Crippen LogP contribution >= 0.6 is 0 Å². The van der Waals surface area contributed by atoms with E-state index in [9.17, 15) is 45.6 Å². The number of allylic oxidation sites excluding steroid dienone is 1. The number of hydrogen-bond acceptors (Lipinski definition) is 13. The second-order valence-electron chi connectivity index (χ2n) is 14.8. The maximum absolute atomic E-state index is 12.9. The van der Waals surface area contributed by atoms with Crippen LogP contribution in [-0.2, 0) is 23.7 Å². The van der Waals surface area contributed by atoms with Crippen molar-refractivity contribution in [2.75, 3.05) is 19.8 Å². The molecule has 0 aromatic rings. The fraction of sp³-hybridized carbons (Fsp3) is 0.923. The topological polar surface area (TPSA) is 228 Å². The lowest BCUT2D eigenvalue weighted by atomic mass is 9.97. The van der Waals surface area contributed by atoms with E-state index in [0.29, 0.717) is 6.42 Å². The lowest BCUT2D eigenvalue weighted by Crippen LogP contribution is -2.65. The van der Waals surface area contributed by atoms with Crippen LogP contribution in [0.3, 0.4) is 0 Å². The molecule has 2 saturated heterocycles. The molecule has 2 rings (SSSR count). The summed E-state index contributed by atoms with van der Waals surface area (Å²) in [5, 5.41) is 85.5. The van der Waals surface area contributed by atoms with Gasteiger partial charge in [0.05, 0.1) is 32.0 Å². The number of aliphatic hydroxyl groups excluding tert-OH is 8. The van der Waals surface area contributed by atoms with Gasteiger partial charge in [0.1, 0.15) is 48.8 Å². The van der Waals surface area contributed by atoms with E-state index < -0.39 is 86.8 Å². The minimum atomic E-state index is -1.78. The van der Waals surface area contributed by atoms with E-state index in [1.165, 1.54) is 77.0 Å². The van der Waals surface area contributed by atoms with Gasteiger partial charge in [-0.05, 0) is 12.8 Å². The first-order valence-corrected chi connectivity index (χ1v) is 20.4. The van der Waals surface area contributed by atoms with Gasteiger partial charge >= 0.3 is 0 Å². The van der Waals surface area contributed by atoms with Gasteiger partial charge in [0.2, 0.25) is 5.91 Å². The first kappa shape index (κ1) is 47.9. The van der Waals surface area contributed by atoms with Crippen molar-refractivity contribution in [3.8, 4) is 0 Å². The molecule has 0 aliphatic carbocycles. The third kappa shape index (κ3) is 17.6. The Hall–Kier alpha value is -1.27. The molecule has 0 saturated carbocycles. The minimum absolute atomic E-state index is 0.252. The van der Waals surface area contributed by atoms with E-state index in [-0.39, 0.29) is 18.9 Å². The second kappa shape index (κ2) is 28.2. The largest absolute Gasteiger partial charge is 0.394 e. The van der Waals surface area contributed by atoms with Crippen LogP contribution in [0.5, 0.6) is 0 Å². The number of aliphatic hydroxyl groups is 8. The van der Waals surface area contributed by atoms with Gasteiger partial charge in [-0.25, -0.2) is 0 Å². The van der Waals surface area contributed by atoms with Crippen molar-refractivity contribution in [1.82, 2.24) is 5.32 Å². The minimum Gasteiger partial charge on any atom is -0.394 e. The Labute approximate surface area is 316 Å². The summed E-state index contributed by atoms with van der Waals surface area (Å²) < 4.78 is 22.4. The molecule has 12 unspecified atom stereocenters. The highest BCUT2D eigenvalue weighted by Crippen LogP contribution is 2.29. The SMILES string of the molecule is CCC/C=C/C(O)C(COC1OC(CO)C(OC2OC(CO)C(O)C(O)C2O)C(O)C1O)NC(=O)CCCCCCCCCCCCCCCCCC. The van der Waals surface area contributed by atoms with Gasteiger partial charge < -0.3 is 65.1 Å². The van der Waals surface area contributed by atoms with Gasteiger partial charge in [0, 0.05) is 6.42 Å². The van der Waals surface area contributed by atoms with E-state index in [2.05, 4.69) is 12.2 Å². The third-order valence-corrected chi connectivity index (χ3v) is 10.2. The van der Waals surface area contributed by atoms with Crippen LogP contribution in [0, 0.1) is 0 Å². The zero-order valence-corrected chi connectivity index (χ0v) is 32.3. The van der Waals surface area contributed by atoms with Gasteiger partial charge in [0.15, 0.2) is 12.6 Å². The predicted molar refractivity (Wildman–Crippen MR) is 199 cm³/mol. The molecule has 0 spiro atoms. The molecule has 53 heavy (non-hydrogen) atoms. The van der Waals surface area contributed by atoms with E-state index in [0.717, 1.165) is 32.1 Å². The molecule has 1 amide bonds. The Morgan fingerprint density at radius 2 is 1.17 bits per heavy atom. The highest BCUT2D eigenvalue weighted by Gasteiger charge is 2.50. The molecular weight excluding hydrogens is 690 g/mol. The molecule has 0 aromatic heterocycles. The molecule has 0 aromatic carbocycles. The number of carbonyl (C=O) groups is 1. The number of nitrogens with one attached hydrogen (secondary N) is 1. The second-order valence-corrected chi connectivity index (χ2v) is 14.8. The van der Waals surface area contributed by atoms with Crippen molar-refractivity contribution in [3.63, 3.8) is 0 Å². The van der Waals surface area contributed by atoms with Crippen LogP contribution in [0.4, 0.5) is 0 Å². The van der Waals surface area contributed by atoms with Gasteiger partial charge in [0.25, 0.3) is 0 Å². The Kier molecular flexibility index (Phi) is 25.5. The maximum atomic E-state index is 12.9. The van der Waals surface area contributed by atoms with Crippen molar-refractivity contribution >= 4 is 5.91 Å². The molecule has 2 aliphatic rings. The first-order chi connectivity index (χ1) is 25.6. The van der Waals surface area contributed by atoms with E-state index in [4.69, 9.17) is 18.9 Å². The fourth-order valence-corrected chi connectivity index (χ4v) is 6.77. The Balaban J connectivity index is 1.78. The average molecular weight is 764 g/mol. The quantitative estimate of drug-likeness (QED) is 0.0395. The van der Waals surface area contributed by atoms with Gasteiger partial charge in [-0.1, -0.05) is 129 Å².